The maximum absolute atomic E-state index is 8.76. The van der Waals surface area contributed by atoms with E-state index < -0.39 is 0 Å². The second-order valence-electron chi connectivity index (χ2n) is 3.27. The fourth-order valence-corrected chi connectivity index (χ4v) is 3.61. The van der Waals surface area contributed by atoms with Gasteiger partial charge < -0.3 is 0 Å². The highest BCUT2D eigenvalue weighted by Crippen LogP contribution is 2.27. The topological polar surface area (TPSA) is 41.6 Å². The summed E-state index contributed by atoms with van der Waals surface area (Å²) in [5, 5.41) is 13.1. The Morgan fingerprint density at radius 1 is 1.47 bits per heavy atom. The lowest BCUT2D eigenvalue weighted by atomic mass is 10.3. The molecule has 0 saturated carbocycles. The number of rotatable bonds is 3. The molecule has 0 N–H and O–H groups in total. The van der Waals surface area contributed by atoms with E-state index in [1.807, 2.05) is 37.3 Å². The third kappa shape index (κ3) is 2.94. The number of para-hydroxylation sites is 1. The second-order valence-corrected chi connectivity index (χ2v) is 6.48. The first-order valence-corrected chi connectivity index (χ1v) is 7.03. The van der Waals surface area contributed by atoms with Crippen LogP contribution in [0.5, 0.6) is 0 Å². The van der Waals surface area contributed by atoms with E-state index in [1.54, 1.807) is 4.68 Å². The van der Waals surface area contributed by atoms with E-state index in [2.05, 4.69) is 11.2 Å². The predicted molar refractivity (Wildman–Crippen MR) is 73.2 cm³/mol. The summed E-state index contributed by atoms with van der Waals surface area (Å²) in [4.78, 5) is 0. The molecule has 1 aromatic carbocycles. The van der Waals surface area contributed by atoms with Crippen molar-refractivity contribution in [3.63, 3.8) is 0 Å². The molecule has 0 aliphatic carbocycles. The van der Waals surface area contributed by atoms with Gasteiger partial charge in [-0.25, -0.2) is 4.68 Å². The number of benzene rings is 1. The summed E-state index contributed by atoms with van der Waals surface area (Å²) >= 11 is 8.13. The number of hydrogen-bond donors (Lipinski definition) is 0. The molecule has 3 nitrogen and oxygen atoms in total. The zero-order valence-electron chi connectivity index (χ0n) is 9.03. The van der Waals surface area contributed by atoms with Crippen molar-refractivity contribution >= 4 is 35.3 Å². The number of nitrogens with zero attached hydrogens (tertiary/aromatic N) is 3. The van der Waals surface area contributed by atoms with Crippen LogP contribution in [0, 0.1) is 15.3 Å². The normalized spacial score (nSPS) is 12.0. The number of nitriles is 1. The van der Waals surface area contributed by atoms with Crippen molar-refractivity contribution in [1.29, 1.82) is 5.26 Å². The summed E-state index contributed by atoms with van der Waals surface area (Å²) in [7, 11) is 0. The highest BCUT2D eigenvalue weighted by Gasteiger charge is 2.09. The first-order chi connectivity index (χ1) is 8.20. The van der Waals surface area contributed by atoms with E-state index in [-0.39, 0.29) is 5.25 Å². The van der Waals surface area contributed by atoms with Gasteiger partial charge in [0.25, 0.3) is 0 Å². The van der Waals surface area contributed by atoms with Crippen LogP contribution >= 0.6 is 35.3 Å². The van der Waals surface area contributed by atoms with Gasteiger partial charge in [-0.1, -0.05) is 41.3 Å². The predicted octanol–water partition coefficient (Wildman–Crippen LogP) is 3.67. The summed E-state index contributed by atoms with van der Waals surface area (Å²) in [5.74, 6) is 0. The summed E-state index contributed by atoms with van der Waals surface area (Å²) in [6.45, 7) is 1.85. The molecule has 0 aliphatic heterocycles. The van der Waals surface area contributed by atoms with Gasteiger partial charge in [0.1, 0.15) is 0 Å². The molecule has 0 aliphatic rings. The Hall–Kier alpha value is -1.16. The molecule has 0 spiro atoms. The molecule has 1 atom stereocenters. The van der Waals surface area contributed by atoms with Crippen LogP contribution in [-0.4, -0.2) is 15.0 Å². The number of hydrogen-bond acceptors (Lipinski definition) is 5. The average molecular weight is 279 g/mol. The fraction of sp³-hybridized carbons (Fsp3) is 0.182. The maximum atomic E-state index is 8.76. The third-order valence-corrected chi connectivity index (χ3v) is 4.30. The Balaban J connectivity index is 2.33. The van der Waals surface area contributed by atoms with Gasteiger partial charge in [0, 0.05) is 0 Å². The molecule has 1 aromatic heterocycles. The minimum atomic E-state index is -0.111. The molecule has 1 heterocycles. The summed E-state index contributed by atoms with van der Waals surface area (Å²) in [5.41, 5.74) is 0.949. The quantitative estimate of drug-likeness (QED) is 0.635. The molecule has 1 unspecified atom stereocenters. The Morgan fingerprint density at radius 3 is 2.82 bits per heavy atom. The van der Waals surface area contributed by atoms with Crippen LogP contribution in [0.25, 0.3) is 5.69 Å². The zero-order valence-corrected chi connectivity index (χ0v) is 11.5. The Bertz CT molecular complexity index is 594. The van der Waals surface area contributed by atoms with E-state index in [0.717, 1.165) is 10.0 Å². The standard InChI is InChI=1S/C11H9N3S3/c1-8(7-12)16-10-13-14(11(15)17-10)9-5-3-2-4-6-9/h2-6,8H,1H3. The van der Waals surface area contributed by atoms with E-state index in [1.165, 1.54) is 23.1 Å². The molecule has 6 heteroatoms. The smallest absolute Gasteiger partial charge is 0.184 e. The van der Waals surface area contributed by atoms with Gasteiger partial charge in [0.15, 0.2) is 8.29 Å². The van der Waals surface area contributed by atoms with Crippen molar-refractivity contribution in [2.75, 3.05) is 0 Å². The highest BCUT2D eigenvalue weighted by atomic mass is 32.2. The van der Waals surface area contributed by atoms with Gasteiger partial charge in [-0.05, 0) is 31.3 Å². The summed E-state index contributed by atoms with van der Waals surface area (Å²) < 4.78 is 3.25. The molecule has 86 valence electrons. The van der Waals surface area contributed by atoms with Crippen LogP contribution in [0.1, 0.15) is 6.92 Å². The first-order valence-electron chi connectivity index (χ1n) is 4.92. The zero-order chi connectivity index (χ0) is 12.3. The second kappa shape index (κ2) is 5.45. The Kier molecular flexibility index (Phi) is 3.94. The molecule has 0 saturated heterocycles. The molecule has 17 heavy (non-hydrogen) atoms. The van der Waals surface area contributed by atoms with Gasteiger partial charge in [-0.15, -0.1) is 5.10 Å². The fourth-order valence-electron chi connectivity index (χ4n) is 1.22. The van der Waals surface area contributed by atoms with Gasteiger partial charge in [-0.2, -0.15) is 5.26 Å². The van der Waals surface area contributed by atoms with E-state index >= 15 is 0 Å². The van der Waals surface area contributed by atoms with E-state index in [0.29, 0.717) is 3.95 Å². The molecular formula is C11H9N3S3. The minimum Gasteiger partial charge on any atom is -0.211 e. The van der Waals surface area contributed by atoms with E-state index in [9.17, 15) is 0 Å². The van der Waals surface area contributed by atoms with Crippen LogP contribution in [0.15, 0.2) is 34.7 Å². The van der Waals surface area contributed by atoms with Crippen LogP contribution in [0.2, 0.25) is 0 Å². The average Bonchev–Trinajstić information content (AvgIpc) is 2.71. The van der Waals surface area contributed by atoms with Gasteiger partial charge in [0.05, 0.1) is 17.0 Å². The van der Waals surface area contributed by atoms with Crippen molar-refractivity contribution in [1.82, 2.24) is 9.78 Å². The van der Waals surface area contributed by atoms with Crippen LogP contribution in [-0.2, 0) is 0 Å². The lowest BCUT2D eigenvalue weighted by Gasteiger charge is -1.99. The molecule has 2 rings (SSSR count). The van der Waals surface area contributed by atoms with Crippen molar-refractivity contribution in [2.24, 2.45) is 0 Å². The van der Waals surface area contributed by atoms with Gasteiger partial charge in [0.2, 0.25) is 0 Å². The van der Waals surface area contributed by atoms with Gasteiger partial charge in [-0.3, -0.25) is 0 Å². The largest absolute Gasteiger partial charge is 0.211 e. The molecule has 0 radical (unpaired) electrons. The molecular weight excluding hydrogens is 270 g/mol. The Labute approximate surface area is 113 Å². The highest BCUT2D eigenvalue weighted by molar-refractivity contribution is 8.01. The maximum Gasteiger partial charge on any atom is 0.184 e. The monoisotopic (exact) mass is 279 g/mol. The molecule has 0 amide bonds. The van der Waals surface area contributed by atoms with Crippen molar-refractivity contribution in [3.8, 4) is 11.8 Å². The molecule has 2 aromatic rings. The third-order valence-electron chi connectivity index (χ3n) is 1.99. The van der Waals surface area contributed by atoms with Crippen molar-refractivity contribution in [3.05, 3.63) is 34.3 Å². The Morgan fingerprint density at radius 2 is 2.18 bits per heavy atom. The minimum absolute atomic E-state index is 0.111. The van der Waals surface area contributed by atoms with Crippen LogP contribution in [0.4, 0.5) is 0 Å². The molecule has 0 bridgehead atoms. The van der Waals surface area contributed by atoms with Crippen LogP contribution < -0.4 is 0 Å². The first kappa shape index (κ1) is 12.3. The number of thioether (sulfide) groups is 1. The van der Waals surface area contributed by atoms with Crippen molar-refractivity contribution < 1.29 is 0 Å². The SMILES string of the molecule is CC(C#N)Sc1nn(-c2ccccc2)c(=S)s1. The summed E-state index contributed by atoms with van der Waals surface area (Å²) in [6, 6.07) is 11.9. The molecule has 0 fully saturated rings. The number of aromatic nitrogens is 2. The van der Waals surface area contributed by atoms with E-state index in [4.69, 9.17) is 17.5 Å². The van der Waals surface area contributed by atoms with Crippen molar-refractivity contribution in [2.45, 2.75) is 16.5 Å². The lowest BCUT2D eigenvalue weighted by molar-refractivity contribution is 0.829. The van der Waals surface area contributed by atoms with Crippen LogP contribution in [0.3, 0.4) is 0 Å². The lowest BCUT2D eigenvalue weighted by Crippen LogP contribution is -1.96. The van der Waals surface area contributed by atoms with Gasteiger partial charge >= 0.3 is 0 Å². The summed E-state index contributed by atoms with van der Waals surface area (Å²) in [6.07, 6.45) is 0.